The molecule has 0 saturated heterocycles. The van der Waals surface area contributed by atoms with Crippen LogP contribution in [0.15, 0.2) is 60.8 Å². The third kappa shape index (κ3) is 56.0. The van der Waals surface area contributed by atoms with E-state index in [2.05, 4.69) is 81.5 Å². The summed E-state index contributed by atoms with van der Waals surface area (Å²) in [5.41, 5.74) is 0. The number of unbranched alkanes of at least 4 members (excludes halogenated alkanes) is 34. The number of carbonyl (C=O) groups is 3. The van der Waals surface area contributed by atoms with Crippen LogP contribution in [0.2, 0.25) is 0 Å². The number of carbonyl (C=O) groups excluding carboxylic acids is 3. The first-order valence-electron chi connectivity index (χ1n) is 30.3. The monoisotopic (exact) mass is 979 g/mol. The number of rotatable bonds is 55. The molecule has 0 heterocycles. The molecule has 0 aromatic carbocycles. The molecular formula is C64H114O6. The summed E-state index contributed by atoms with van der Waals surface area (Å²) in [6.07, 6.45) is 73.6. The summed E-state index contributed by atoms with van der Waals surface area (Å²) in [5.74, 6) is -0.951. The maximum atomic E-state index is 12.8. The minimum atomic E-state index is -0.806. The number of hydrogen-bond donors (Lipinski definition) is 0. The lowest BCUT2D eigenvalue weighted by Crippen LogP contribution is -2.30. The Morgan fingerprint density at radius 3 is 0.857 bits per heavy atom. The minimum absolute atomic E-state index is 0.0978. The van der Waals surface area contributed by atoms with Crippen LogP contribution in [0.4, 0.5) is 0 Å². The van der Waals surface area contributed by atoms with Gasteiger partial charge in [-0.05, 0) is 103 Å². The van der Waals surface area contributed by atoms with E-state index in [4.69, 9.17) is 14.2 Å². The Balaban J connectivity index is 4.44. The standard InChI is InChI=1S/C64H114O6/c1-4-7-10-13-16-19-22-25-28-31-32-34-36-39-42-45-48-51-54-57-63(66)69-60-61(59-68-62(65)56-53-50-47-44-41-38-35-30-27-24-21-18-15-12-9-6-3)70-64(67)58-55-52-49-46-43-40-37-33-29-26-23-20-17-14-11-8-5-2/h26,29-32,35,37,40,46,49,61H,4-25,27-28,33-34,36,38-39,41-45,47-48,50-60H2,1-3H3/b29-26-,32-31-,35-30-,40-37-,49-46-. The molecule has 0 rings (SSSR count). The molecule has 0 fully saturated rings. The quantitative estimate of drug-likeness (QED) is 0.0261. The third-order valence-corrected chi connectivity index (χ3v) is 13.2. The molecule has 70 heavy (non-hydrogen) atoms. The summed E-state index contributed by atoms with van der Waals surface area (Å²) >= 11 is 0. The van der Waals surface area contributed by atoms with Gasteiger partial charge in [-0.1, -0.05) is 248 Å². The molecule has 6 heteroatoms. The first kappa shape index (κ1) is 67.1. The van der Waals surface area contributed by atoms with Crippen molar-refractivity contribution in [2.24, 2.45) is 0 Å². The molecule has 6 nitrogen and oxygen atoms in total. The van der Waals surface area contributed by atoms with Gasteiger partial charge in [-0.2, -0.15) is 0 Å². The van der Waals surface area contributed by atoms with Gasteiger partial charge in [0, 0.05) is 19.3 Å². The normalized spacial score (nSPS) is 12.4. The Morgan fingerprint density at radius 2 is 0.529 bits per heavy atom. The van der Waals surface area contributed by atoms with E-state index in [0.717, 1.165) is 64.2 Å². The van der Waals surface area contributed by atoms with Gasteiger partial charge in [0.1, 0.15) is 13.2 Å². The van der Waals surface area contributed by atoms with Crippen molar-refractivity contribution < 1.29 is 28.6 Å². The Labute approximate surface area is 434 Å². The number of hydrogen-bond acceptors (Lipinski definition) is 6. The zero-order valence-electron chi connectivity index (χ0n) is 46.5. The van der Waals surface area contributed by atoms with Crippen LogP contribution in [0, 0.1) is 0 Å². The summed E-state index contributed by atoms with van der Waals surface area (Å²) in [6, 6.07) is 0. The number of esters is 3. The highest BCUT2D eigenvalue weighted by atomic mass is 16.6. The number of ether oxygens (including phenoxy) is 3. The van der Waals surface area contributed by atoms with Crippen LogP contribution in [0.5, 0.6) is 0 Å². The molecule has 0 radical (unpaired) electrons. The van der Waals surface area contributed by atoms with Gasteiger partial charge in [-0.3, -0.25) is 14.4 Å². The summed E-state index contributed by atoms with van der Waals surface area (Å²) in [6.45, 7) is 6.61. The van der Waals surface area contributed by atoms with Crippen LogP contribution in [0.25, 0.3) is 0 Å². The second kappa shape index (κ2) is 58.7. The van der Waals surface area contributed by atoms with Gasteiger partial charge in [0.2, 0.25) is 0 Å². The van der Waals surface area contributed by atoms with Gasteiger partial charge in [-0.25, -0.2) is 0 Å². The van der Waals surface area contributed by atoms with Gasteiger partial charge >= 0.3 is 17.9 Å². The zero-order chi connectivity index (χ0) is 50.7. The lowest BCUT2D eigenvalue weighted by Gasteiger charge is -2.18. The second-order valence-electron chi connectivity index (χ2n) is 20.2. The van der Waals surface area contributed by atoms with E-state index in [1.165, 1.54) is 199 Å². The largest absolute Gasteiger partial charge is 0.462 e. The van der Waals surface area contributed by atoms with Crippen molar-refractivity contribution >= 4 is 17.9 Å². The molecule has 0 aromatic heterocycles. The molecule has 0 spiro atoms. The van der Waals surface area contributed by atoms with Crippen molar-refractivity contribution in [1.29, 1.82) is 0 Å². The van der Waals surface area contributed by atoms with E-state index in [9.17, 15) is 14.4 Å². The predicted octanol–water partition coefficient (Wildman–Crippen LogP) is 20.4. The van der Waals surface area contributed by atoms with Crippen LogP contribution in [0.1, 0.15) is 310 Å². The Kier molecular flexibility index (Phi) is 56.3. The van der Waals surface area contributed by atoms with E-state index in [0.29, 0.717) is 19.3 Å². The first-order valence-corrected chi connectivity index (χ1v) is 30.3. The van der Waals surface area contributed by atoms with Crippen molar-refractivity contribution in [2.45, 2.75) is 316 Å². The predicted molar refractivity (Wildman–Crippen MR) is 302 cm³/mol. The average Bonchev–Trinajstić information content (AvgIpc) is 3.36. The van der Waals surface area contributed by atoms with Crippen molar-refractivity contribution in [1.82, 2.24) is 0 Å². The van der Waals surface area contributed by atoms with Crippen LogP contribution in [0.3, 0.4) is 0 Å². The summed E-state index contributed by atoms with van der Waals surface area (Å²) in [5, 5.41) is 0. The fourth-order valence-electron chi connectivity index (χ4n) is 8.63. The second-order valence-corrected chi connectivity index (χ2v) is 20.2. The maximum absolute atomic E-state index is 12.8. The van der Waals surface area contributed by atoms with Crippen LogP contribution in [-0.4, -0.2) is 37.2 Å². The van der Waals surface area contributed by atoms with E-state index >= 15 is 0 Å². The topological polar surface area (TPSA) is 78.9 Å². The highest BCUT2D eigenvalue weighted by Gasteiger charge is 2.19. The van der Waals surface area contributed by atoms with Gasteiger partial charge in [0.25, 0.3) is 0 Å². The molecule has 0 bridgehead atoms. The SMILES string of the molecule is CCCCCCCC/C=C\C/C=C\C/C=C\CCCC(=O)OC(COC(=O)CCCCCCC/C=C\CCCCCCCCC)COC(=O)CCCCCCCCC/C=C\CCCCCCCCCC. The summed E-state index contributed by atoms with van der Waals surface area (Å²) in [7, 11) is 0. The van der Waals surface area contributed by atoms with Crippen molar-refractivity contribution in [2.75, 3.05) is 13.2 Å². The zero-order valence-corrected chi connectivity index (χ0v) is 46.5. The molecule has 0 N–H and O–H groups in total. The van der Waals surface area contributed by atoms with Crippen molar-refractivity contribution in [3.8, 4) is 0 Å². The average molecular weight is 980 g/mol. The van der Waals surface area contributed by atoms with E-state index in [1.807, 2.05) is 0 Å². The minimum Gasteiger partial charge on any atom is -0.462 e. The van der Waals surface area contributed by atoms with Crippen LogP contribution >= 0.6 is 0 Å². The molecule has 0 aliphatic carbocycles. The molecule has 0 aliphatic rings. The molecular weight excluding hydrogens is 865 g/mol. The van der Waals surface area contributed by atoms with Crippen LogP contribution < -0.4 is 0 Å². The van der Waals surface area contributed by atoms with E-state index in [-0.39, 0.29) is 37.5 Å². The molecule has 1 atom stereocenters. The van der Waals surface area contributed by atoms with E-state index < -0.39 is 6.10 Å². The molecule has 0 saturated carbocycles. The molecule has 0 amide bonds. The van der Waals surface area contributed by atoms with Crippen molar-refractivity contribution in [3.63, 3.8) is 0 Å². The van der Waals surface area contributed by atoms with Gasteiger partial charge in [0.05, 0.1) is 0 Å². The summed E-state index contributed by atoms with van der Waals surface area (Å²) < 4.78 is 16.8. The third-order valence-electron chi connectivity index (χ3n) is 13.2. The van der Waals surface area contributed by atoms with Gasteiger partial charge < -0.3 is 14.2 Å². The van der Waals surface area contributed by atoms with Crippen LogP contribution in [-0.2, 0) is 28.6 Å². The summed E-state index contributed by atoms with van der Waals surface area (Å²) in [4.78, 5) is 38.2. The molecule has 0 aliphatic heterocycles. The lowest BCUT2D eigenvalue weighted by molar-refractivity contribution is -0.167. The fraction of sp³-hybridized carbons (Fsp3) is 0.797. The fourth-order valence-corrected chi connectivity index (χ4v) is 8.63. The Hall–Kier alpha value is -2.89. The van der Waals surface area contributed by atoms with E-state index in [1.54, 1.807) is 0 Å². The highest BCUT2D eigenvalue weighted by molar-refractivity contribution is 5.71. The maximum Gasteiger partial charge on any atom is 0.306 e. The first-order chi connectivity index (χ1) is 34.5. The van der Waals surface area contributed by atoms with Crippen molar-refractivity contribution in [3.05, 3.63) is 60.8 Å². The Bertz CT molecular complexity index is 1260. The Morgan fingerprint density at radius 1 is 0.286 bits per heavy atom. The number of allylic oxidation sites excluding steroid dienone is 10. The highest BCUT2D eigenvalue weighted by Crippen LogP contribution is 2.15. The van der Waals surface area contributed by atoms with Gasteiger partial charge in [-0.15, -0.1) is 0 Å². The lowest BCUT2D eigenvalue weighted by atomic mass is 10.1. The van der Waals surface area contributed by atoms with Gasteiger partial charge in [0.15, 0.2) is 6.10 Å². The molecule has 406 valence electrons. The molecule has 1 unspecified atom stereocenters. The smallest absolute Gasteiger partial charge is 0.306 e. The molecule has 0 aromatic rings.